The second-order valence-electron chi connectivity index (χ2n) is 3.07. The predicted octanol–water partition coefficient (Wildman–Crippen LogP) is 2.21. The van der Waals surface area contributed by atoms with Gasteiger partial charge in [-0.3, -0.25) is 4.79 Å². The van der Waals surface area contributed by atoms with Gasteiger partial charge in [0.2, 0.25) is 0 Å². The van der Waals surface area contributed by atoms with Gasteiger partial charge in [0.1, 0.15) is 0 Å². The van der Waals surface area contributed by atoms with E-state index in [9.17, 15) is 4.79 Å². The van der Waals surface area contributed by atoms with Gasteiger partial charge >= 0.3 is 5.97 Å². The summed E-state index contributed by atoms with van der Waals surface area (Å²) in [6.45, 7) is 0. The zero-order valence-corrected chi connectivity index (χ0v) is 6.62. The molecule has 0 atom stereocenters. The molecule has 11 heavy (non-hydrogen) atoms. The van der Waals surface area contributed by atoms with Crippen molar-refractivity contribution in [3.05, 3.63) is 12.2 Å². The van der Waals surface area contributed by atoms with E-state index < -0.39 is 5.97 Å². The zero-order valence-electron chi connectivity index (χ0n) is 6.62. The molecular weight excluding hydrogens is 140 g/mol. The van der Waals surface area contributed by atoms with Crippen LogP contribution < -0.4 is 0 Å². The molecule has 1 fully saturated rings. The van der Waals surface area contributed by atoms with Crippen LogP contribution in [-0.2, 0) is 4.79 Å². The van der Waals surface area contributed by atoms with Crippen molar-refractivity contribution in [2.75, 3.05) is 0 Å². The second-order valence-corrected chi connectivity index (χ2v) is 3.07. The van der Waals surface area contributed by atoms with Crippen LogP contribution in [0.5, 0.6) is 0 Å². The summed E-state index contributed by atoms with van der Waals surface area (Å²) in [7, 11) is 0. The molecule has 0 amide bonds. The SMILES string of the molecule is O=C(O)C/C=C/C1CCCC1. The third-order valence-electron chi connectivity index (χ3n) is 2.10. The van der Waals surface area contributed by atoms with Crippen LogP contribution in [-0.4, -0.2) is 11.1 Å². The summed E-state index contributed by atoms with van der Waals surface area (Å²) in [5.41, 5.74) is 0. The third kappa shape index (κ3) is 3.21. The molecule has 1 aliphatic rings. The van der Waals surface area contributed by atoms with Gasteiger partial charge in [-0.1, -0.05) is 25.0 Å². The molecule has 62 valence electrons. The Hall–Kier alpha value is -0.790. The summed E-state index contributed by atoms with van der Waals surface area (Å²) in [6, 6.07) is 0. The van der Waals surface area contributed by atoms with E-state index in [2.05, 4.69) is 6.08 Å². The van der Waals surface area contributed by atoms with Gasteiger partial charge in [0, 0.05) is 0 Å². The molecule has 0 radical (unpaired) electrons. The van der Waals surface area contributed by atoms with Crippen molar-refractivity contribution in [3.63, 3.8) is 0 Å². The normalized spacial score (nSPS) is 19.6. The fraction of sp³-hybridized carbons (Fsp3) is 0.667. The minimum absolute atomic E-state index is 0.177. The molecule has 2 nitrogen and oxygen atoms in total. The highest BCUT2D eigenvalue weighted by molar-refractivity contribution is 5.68. The molecule has 1 N–H and O–H groups in total. The molecule has 0 aromatic rings. The van der Waals surface area contributed by atoms with E-state index in [0.29, 0.717) is 5.92 Å². The number of carbonyl (C=O) groups is 1. The number of allylic oxidation sites excluding steroid dienone is 1. The smallest absolute Gasteiger partial charge is 0.307 e. The lowest BCUT2D eigenvalue weighted by atomic mass is 10.1. The summed E-state index contributed by atoms with van der Waals surface area (Å²) >= 11 is 0. The van der Waals surface area contributed by atoms with Gasteiger partial charge in [0.15, 0.2) is 0 Å². The lowest BCUT2D eigenvalue weighted by Gasteiger charge is -1.97. The van der Waals surface area contributed by atoms with Crippen molar-refractivity contribution < 1.29 is 9.90 Å². The summed E-state index contributed by atoms with van der Waals surface area (Å²) < 4.78 is 0. The van der Waals surface area contributed by atoms with Crippen LogP contribution in [0.3, 0.4) is 0 Å². The number of carboxylic acids is 1. The Labute approximate surface area is 66.9 Å². The van der Waals surface area contributed by atoms with Gasteiger partial charge in [-0.05, 0) is 18.8 Å². The number of hydrogen-bond donors (Lipinski definition) is 1. The topological polar surface area (TPSA) is 37.3 Å². The third-order valence-corrected chi connectivity index (χ3v) is 2.10. The van der Waals surface area contributed by atoms with Crippen LogP contribution in [0.2, 0.25) is 0 Å². The Bertz CT molecular complexity index is 155. The van der Waals surface area contributed by atoms with Crippen molar-refractivity contribution in [1.29, 1.82) is 0 Å². The van der Waals surface area contributed by atoms with Gasteiger partial charge < -0.3 is 5.11 Å². The van der Waals surface area contributed by atoms with Gasteiger partial charge in [-0.25, -0.2) is 0 Å². The van der Waals surface area contributed by atoms with E-state index in [1.165, 1.54) is 25.7 Å². The van der Waals surface area contributed by atoms with Crippen LogP contribution in [0.4, 0.5) is 0 Å². The van der Waals surface area contributed by atoms with E-state index >= 15 is 0 Å². The first-order valence-electron chi connectivity index (χ1n) is 4.17. The summed E-state index contributed by atoms with van der Waals surface area (Å²) in [5, 5.41) is 8.34. The van der Waals surface area contributed by atoms with Gasteiger partial charge in [-0.15, -0.1) is 0 Å². The quantitative estimate of drug-likeness (QED) is 0.633. The highest BCUT2D eigenvalue weighted by atomic mass is 16.4. The highest BCUT2D eigenvalue weighted by Crippen LogP contribution is 2.25. The minimum Gasteiger partial charge on any atom is -0.481 e. The van der Waals surface area contributed by atoms with Crippen LogP contribution >= 0.6 is 0 Å². The monoisotopic (exact) mass is 154 g/mol. The highest BCUT2D eigenvalue weighted by Gasteiger charge is 2.10. The lowest BCUT2D eigenvalue weighted by molar-refractivity contribution is -0.136. The number of rotatable bonds is 3. The van der Waals surface area contributed by atoms with Crippen molar-refractivity contribution in [3.8, 4) is 0 Å². The molecule has 1 rings (SSSR count). The maximum Gasteiger partial charge on any atom is 0.307 e. The van der Waals surface area contributed by atoms with Gasteiger partial charge in [0.25, 0.3) is 0 Å². The molecule has 1 saturated carbocycles. The van der Waals surface area contributed by atoms with Crippen molar-refractivity contribution >= 4 is 5.97 Å². The van der Waals surface area contributed by atoms with E-state index in [4.69, 9.17) is 5.11 Å². The van der Waals surface area contributed by atoms with Gasteiger partial charge in [0.05, 0.1) is 6.42 Å². The Morgan fingerprint density at radius 2 is 2.09 bits per heavy atom. The van der Waals surface area contributed by atoms with Crippen molar-refractivity contribution in [1.82, 2.24) is 0 Å². The standard InChI is InChI=1S/C9H14O2/c10-9(11)7-3-6-8-4-1-2-5-8/h3,6,8H,1-2,4-5,7H2,(H,10,11)/b6-3+. The molecule has 0 aromatic carbocycles. The first-order valence-corrected chi connectivity index (χ1v) is 4.17. The fourth-order valence-corrected chi connectivity index (χ4v) is 1.51. The molecule has 2 heteroatoms. The van der Waals surface area contributed by atoms with Crippen LogP contribution in [0.1, 0.15) is 32.1 Å². The molecule has 0 aromatic heterocycles. The van der Waals surface area contributed by atoms with Gasteiger partial charge in [-0.2, -0.15) is 0 Å². The second kappa shape index (κ2) is 4.16. The first-order chi connectivity index (χ1) is 5.29. The number of hydrogen-bond acceptors (Lipinski definition) is 1. The summed E-state index contributed by atoms with van der Waals surface area (Å²) in [5.74, 6) is -0.0754. The number of aliphatic carboxylic acids is 1. The van der Waals surface area contributed by atoms with E-state index in [0.717, 1.165) is 0 Å². The molecule has 0 aliphatic heterocycles. The molecule has 0 saturated heterocycles. The average Bonchev–Trinajstić information content (AvgIpc) is 2.39. The van der Waals surface area contributed by atoms with Crippen LogP contribution in [0, 0.1) is 5.92 Å². The Morgan fingerprint density at radius 3 is 2.64 bits per heavy atom. The van der Waals surface area contributed by atoms with Crippen LogP contribution in [0.15, 0.2) is 12.2 Å². The summed E-state index contributed by atoms with van der Waals surface area (Å²) in [4.78, 5) is 10.1. The molecular formula is C9H14O2. The maximum absolute atomic E-state index is 10.1. The molecule has 0 bridgehead atoms. The molecule has 0 spiro atoms. The summed E-state index contributed by atoms with van der Waals surface area (Å²) in [6.07, 6.45) is 9.12. The molecule has 0 unspecified atom stereocenters. The average molecular weight is 154 g/mol. The van der Waals surface area contributed by atoms with E-state index in [-0.39, 0.29) is 6.42 Å². The Morgan fingerprint density at radius 1 is 1.45 bits per heavy atom. The molecule has 1 aliphatic carbocycles. The predicted molar refractivity (Wildman–Crippen MR) is 43.4 cm³/mol. The van der Waals surface area contributed by atoms with Crippen molar-refractivity contribution in [2.24, 2.45) is 5.92 Å². The first kappa shape index (κ1) is 8.31. The Balaban J connectivity index is 2.17. The maximum atomic E-state index is 10.1. The van der Waals surface area contributed by atoms with E-state index in [1.807, 2.05) is 0 Å². The van der Waals surface area contributed by atoms with Crippen LogP contribution in [0.25, 0.3) is 0 Å². The Kier molecular flexibility index (Phi) is 3.14. The largest absolute Gasteiger partial charge is 0.481 e. The fourth-order valence-electron chi connectivity index (χ4n) is 1.51. The number of carboxylic acid groups (broad SMARTS) is 1. The lowest BCUT2D eigenvalue weighted by Crippen LogP contribution is -1.91. The minimum atomic E-state index is -0.737. The zero-order chi connectivity index (χ0) is 8.10. The van der Waals surface area contributed by atoms with E-state index in [1.54, 1.807) is 6.08 Å². The van der Waals surface area contributed by atoms with Crippen molar-refractivity contribution in [2.45, 2.75) is 32.1 Å². The molecule has 0 heterocycles.